The highest BCUT2D eigenvalue weighted by molar-refractivity contribution is 7.89. The van der Waals surface area contributed by atoms with Crippen LogP contribution in [0, 0.1) is 0 Å². The van der Waals surface area contributed by atoms with Crippen molar-refractivity contribution < 1.29 is 13.2 Å². The van der Waals surface area contributed by atoms with Crippen LogP contribution in [0.25, 0.3) is 0 Å². The lowest BCUT2D eigenvalue weighted by Gasteiger charge is -2.20. The molecule has 0 unspecified atom stereocenters. The summed E-state index contributed by atoms with van der Waals surface area (Å²) in [5, 5.41) is 5.22. The third-order valence-corrected chi connectivity index (χ3v) is 5.38. The predicted octanol–water partition coefficient (Wildman–Crippen LogP) is 1.48. The molecule has 0 aliphatic heterocycles. The molecule has 1 amide bonds. The number of rotatable bonds is 4. The van der Waals surface area contributed by atoms with Crippen LogP contribution in [-0.4, -0.2) is 36.9 Å². The van der Waals surface area contributed by atoms with Crippen molar-refractivity contribution in [2.24, 2.45) is 5.14 Å². The van der Waals surface area contributed by atoms with E-state index in [9.17, 15) is 13.2 Å². The Balaban J connectivity index is 1.99. The second kappa shape index (κ2) is 5.14. The fourth-order valence-corrected chi connectivity index (χ4v) is 3.61. The highest BCUT2D eigenvalue weighted by Gasteiger charge is 2.33. The van der Waals surface area contributed by atoms with Crippen LogP contribution in [0.1, 0.15) is 55.1 Å². The van der Waals surface area contributed by atoms with E-state index in [2.05, 4.69) is 0 Å². The minimum absolute atomic E-state index is 0.0296. The molecular formula is C14H21N3O3S. The van der Waals surface area contributed by atoms with Gasteiger partial charge in [0.25, 0.3) is 5.91 Å². The molecule has 0 bridgehead atoms. The fraction of sp³-hybridized carbons (Fsp3) is 0.643. The number of nitrogens with zero attached hydrogens (tertiary/aromatic N) is 2. The number of carbonyl (C=O) groups excluding carboxylic acids is 1. The van der Waals surface area contributed by atoms with Crippen molar-refractivity contribution in [3.63, 3.8) is 0 Å². The molecule has 0 saturated heterocycles. The van der Waals surface area contributed by atoms with Gasteiger partial charge in [-0.1, -0.05) is 12.8 Å². The van der Waals surface area contributed by atoms with E-state index in [0.29, 0.717) is 11.7 Å². The van der Waals surface area contributed by atoms with Crippen LogP contribution in [-0.2, 0) is 10.0 Å². The van der Waals surface area contributed by atoms with E-state index in [0.717, 1.165) is 38.5 Å². The molecule has 0 aromatic carbocycles. The Bertz CT molecular complexity index is 655. The number of primary sulfonamides is 1. The Hall–Kier alpha value is -1.34. The van der Waals surface area contributed by atoms with Crippen molar-refractivity contribution >= 4 is 15.9 Å². The van der Waals surface area contributed by atoms with Gasteiger partial charge >= 0.3 is 0 Å². The molecule has 6 nitrogen and oxygen atoms in total. The highest BCUT2D eigenvalue weighted by Crippen LogP contribution is 2.33. The fourth-order valence-electron chi connectivity index (χ4n) is 3.07. The van der Waals surface area contributed by atoms with Gasteiger partial charge in [-0.25, -0.2) is 13.6 Å². The molecule has 0 spiro atoms. The lowest BCUT2D eigenvalue weighted by molar-refractivity contribution is 0.0772. The van der Waals surface area contributed by atoms with Crippen LogP contribution in [0.5, 0.6) is 0 Å². The van der Waals surface area contributed by atoms with Gasteiger partial charge in [-0.3, -0.25) is 4.79 Å². The standard InChI is InChI=1S/C14H21N3O3S/c1-16(10-6-7-10)14(18)13-8-12(21(15,19)20)9-17(13)11-4-2-3-5-11/h8-11H,2-7H2,1H3,(H2,15,19,20). The van der Waals surface area contributed by atoms with Crippen LogP contribution >= 0.6 is 0 Å². The minimum atomic E-state index is -3.79. The van der Waals surface area contributed by atoms with Gasteiger partial charge < -0.3 is 9.47 Å². The summed E-state index contributed by atoms with van der Waals surface area (Å²) in [5.41, 5.74) is 0.445. The van der Waals surface area contributed by atoms with E-state index in [4.69, 9.17) is 5.14 Å². The quantitative estimate of drug-likeness (QED) is 0.914. The lowest BCUT2D eigenvalue weighted by Crippen LogP contribution is -2.31. The predicted molar refractivity (Wildman–Crippen MR) is 78.4 cm³/mol. The molecule has 21 heavy (non-hydrogen) atoms. The monoisotopic (exact) mass is 311 g/mol. The van der Waals surface area contributed by atoms with E-state index in [-0.39, 0.29) is 16.8 Å². The molecule has 1 aromatic heterocycles. The number of amides is 1. The molecule has 116 valence electrons. The summed E-state index contributed by atoms with van der Waals surface area (Å²) < 4.78 is 25.0. The molecule has 2 saturated carbocycles. The molecule has 1 aromatic rings. The number of hydrogen-bond acceptors (Lipinski definition) is 3. The maximum atomic E-state index is 12.6. The summed E-state index contributed by atoms with van der Waals surface area (Å²) >= 11 is 0. The topological polar surface area (TPSA) is 85.4 Å². The van der Waals surface area contributed by atoms with Crippen molar-refractivity contribution in [2.75, 3.05) is 7.05 Å². The lowest BCUT2D eigenvalue weighted by atomic mass is 10.2. The second-order valence-electron chi connectivity index (χ2n) is 6.10. The van der Waals surface area contributed by atoms with Gasteiger partial charge in [-0.15, -0.1) is 0 Å². The first-order chi connectivity index (χ1) is 9.88. The Morgan fingerprint density at radius 3 is 2.43 bits per heavy atom. The van der Waals surface area contributed by atoms with Crippen LogP contribution in [0.2, 0.25) is 0 Å². The van der Waals surface area contributed by atoms with Crippen molar-refractivity contribution in [3.8, 4) is 0 Å². The number of sulfonamides is 1. The van der Waals surface area contributed by atoms with Crippen LogP contribution in [0.4, 0.5) is 0 Å². The molecule has 1 heterocycles. The first-order valence-electron chi connectivity index (χ1n) is 7.40. The largest absolute Gasteiger partial charge is 0.339 e. The van der Waals surface area contributed by atoms with Crippen molar-refractivity contribution in [3.05, 3.63) is 18.0 Å². The Kier molecular flexibility index (Phi) is 3.57. The third-order valence-electron chi connectivity index (χ3n) is 4.50. The molecule has 2 aliphatic carbocycles. The third kappa shape index (κ3) is 2.85. The number of hydrogen-bond donors (Lipinski definition) is 1. The van der Waals surface area contributed by atoms with Crippen LogP contribution in [0.3, 0.4) is 0 Å². The van der Waals surface area contributed by atoms with E-state index in [1.54, 1.807) is 11.9 Å². The van der Waals surface area contributed by atoms with Gasteiger partial charge in [-0.05, 0) is 31.7 Å². The first kappa shape index (κ1) is 14.6. The summed E-state index contributed by atoms with van der Waals surface area (Å²) in [4.78, 5) is 14.4. The summed E-state index contributed by atoms with van der Waals surface area (Å²) in [7, 11) is -2.01. The average Bonchev–Trinajstić information content (AvgIpc) is 2.95. The van der Waals surface area contributed by atoms with E-state index in [1.165, 1.54) is 12.3 Å². The van der Waals surface area contributed by atoms with Gasteiger partial charge in [0.1, 0.15) is 10.6 Å². The zero-order chi connectivity index (χ0) is 15.2. The smallest absolute Gasteiger partial charge is 0.270 e. The molecule has 2 aliphatic rings. The van der Waals surface area contributed by atoms with Gasteiger partial charge in [0, 0.05) is 25.3 Å². The molecule has 2 N–H and O–H groups in total. The zero-order valence-corrected chi connectivity index (χ0v) is 13.0. The van der Waals surface area contributed by atoms with Crippen LogP contribution in [0.15, 0.2) is 17.2 Å². The highest BCUT2D eigenvalue weighted by atomic mass is 32.2. The number of aromatic nitrogens is 1. The average molecular weight is 311 g/mol. The molecular weight excluding hydrogens is 290 g/mol. The van der Waals surface area contributed by atoms with Gasteiger partial charge in [0.2, 0.25) is 10.0 Å². The van der Waals surface area contributed by atoms with Crippen molar-refractivity contribution in [2.45, 2.75) is 55.5 Å². The van der Waals surface area contributed by atoms with E-state index in [1.807, 2.05) is 4.57 Å². The maximum absolute atomic E-state index is 12.6. The van der Waals surface area contributed by atoms with Crippen LogP contribution < -0.4 is 5.14 Å². The molecule has 0 radical (unpaired) electrons. The van der Waals surface area contributed by atoms with Gasteiger partial charge in [-0.2, -0.15) is 0 Å². The Labute approximate surface area is 125 Å². The van der Waals surface area contributed by atoms with Gasteiger partial charge in [0.05, 0.1) is 0 Å². The van der Waals surface area contributed by atoms with E-state index >= 15 is 0 Å². The Morgan fingerprint density at radius 2 is 1.90 bits per heavy atom. The second-order valence-corrected chi connectivity index (χ2v) is 7.66. The summed E-state index contributed by atoms with van der Waals surface area (Å²) in [5.74, 6) is -0.112. The minimum Gasteiger partial charge on any atom is -0.339 e. The Morgan fingerprint density at radius 1 is 1.29 bits per heavy atom. The van der Waals surface area contributed by atoms with Crippen molar-refractivity contribution in [1.29, 1.82) is 0 Å². The number of carbonyl (C=O) groups is 1. The molecule has 7 heteroatoms. The van der Waals surface area contributed by atoms with Gasteiger partial charge in [0.15, 0.2) is 0 Å². The molecule has 2 fully saturated rings. The summed E-state index contributed by atoms with van der Waals surface area (Å²) in [6.07, 6.45) is 7.75. The maximum Gasteiger partial charge on any atom is 0.270 e. The SMILES string of the molecule is CN(C(=O)c1cc(S(N)(=O)=O)cn1C1CCCC1)C1CC1. The summed E-state index contributed by atoms with van der Waals surface area (Å²) in [6.45, 7) is 0. The molecule has 3 rings (SSSR count). The molecule has 0 atom stereocenters. The first-order valence-corrected chi connectivity index (χ1v) is 8.94. The van der Waals surface area contributed by atoms with E-state index < -0.39 is 10.0 Å². The summed E-state index contributed by atoms with van der Waals surface area (Å²) in [6, 6.07) is 1.92. The van der Waals surface area contributed by atoms with Crippen molar-refractivity contribution in [1.82, 2.24) is 9.47 Å². The zero-order valence-electron chi connectivity index (χ0n) is 12.2. The number of nitrogens with two attached hydrogens (primary N) is 1. The normalized spacial score (nSPS) is 19.9.